The lowest BCUT2D eigenvalue weighted by Gasteiger charge is -2.20. The lowest BCUT2D eigenvalue weighted by Crippen LogP contribution is -2.46. The number of carbonyl (C=O) groups is 2. The van der Waals surface area contributed by atoms with E-state index < -0.39 is 6.04 Å². The SMILES string of the molecule is Cc1cc(NC(=O)C(Cc2c[nH]c3ccccc23)NC(=O)C(C)C)ccc1Br. The van der Waals surface area contributed by atoms with E-state index in [1.807, 2.05) is 69.4 Å². The minimum Gasteiger partial charge on any atom is -0.361 e. The maximum absolute atomic E-state index is 13.0. The molecule has 0 fully saturated rings. The average Bonchev–Trinajstić information content (AvgIpc) is 3.07. The van der Waals surface area contributed by atoms with E-state index in [0.29, 0.717) is 12.1 Å². The molecule has 0 spiro atoms. The number of amides is 2. The largest absolute Gasteiger partial charge is 0.361 e. The van der Waals surface area contributed by atoms with Crippen LogP contribution in [0.5, 0.6) is 0 Å². The Balaban J connectivity index is 1.84. The van der Waals surface area contributed by atoms with Crippen molar-refractivity contribution in [3.8, 4) is 0 Å². The molecule has 1 unspecified atom stereocenters. The van der Waals surface area contributed by atoms with Gasteiger partial charge in [-0.1, -0.05) is 48.0 Å². The summed E-state index contributed by atoms with van der Waals surface area (Å²) >= 11 is 3.46. The quantitative estimate of drug-likeness (QED) is 0.524. The number of nitrogens with one attached hydrogen (secondary N) is 3. The van der Waals surface area contributed by atoms with Crippen molar-refractivity contribution in [2.24, 2.45) is 5.92 Å². The van der Waals surface area contributed by atoms with Crippen LogP contribution in [-0.4, -0.2) is 22.8 Å². The van der Waals surface area contributed by atoms with Crippen LogP contribution in [0.3, 0.4) is 0 Å². The van der Waals surface area contributed by atoms with Gasteiger partial charge in [-0.05, 0) is 42.3 Å². The number of benzene rings is 2. The first-order chi connectivity index (χ1) is 13.3. The molecule has 3 rings (SSSR count). The van der Waals surface area contributed by atoms with Crippen LogP contribution in [0, 0.1) is 12.8 Å². The van der Waals surface area contributed by atoms with Gasteiger partial charge in [-0.25, -0.2) is 0 Å². The standard InChI is InChI=1S/C22H24BrN3O2/c1-13(2)21(27)26-20(11-15-12-24-19-7-5-4-6-17(15)19)22(28)25-16-8-9-18(23)14(3)10-16/h4-10,12-13,20,24H,11H2,1-3H3,(H,25,28)(H,26,27). The van der Waals surface area contributed by atoms with Gasteiger partial charge in [-0.2, -0.15) is 0 Å². The fraction of sp³-hybridized carbons (Fsp3) is 0.273. The molecule has 0 aliphatic rings. The van der Waals surface area contributed by atoms with Gasteiger partial charge in [0, 0.05) is 39.6 Å². The molecule has 6 heteroatoms. The van der Waals surface area contributed by atoms with Crippen LogP contribution in [-0.2, 0) is 16.0 Å². The van der Waals surface area contributed by atoms with Gasteiger partial charge >= 0.3 is 0 Å². The van der Waals surface area contributed by atoms with Crippen molar-refractivity contribution in [2.45, 2.75) is 33.2 Å². The molecule has 0 radical (unpaired) electrons. The lowest BCUT2D eigenvalue weighted by atomic mass is 10.0. The van der Waals surface area contributed by atoms with E-state index in [-0.39, 0.29) is 17.7 Å². The Morgan fingerprint density at radius 2 is 1.86 bits per heavy atom. The van der Waals surface area contributed by atoms with E-state index in [2.05, 4.69) is 31.5 Å². The molecule has 3 N–H and O–H groups in total. The first kappa shape index (κ1) is 20.1. The summed E-state index contributed by atoms with van der Waals surface area (Å²) in [4.78, 5) is 28.5. The van der Waals surface area contributed by atoms with Gasteiger partial charge in [0.25, 0.3) is 0 Å². The van der Waals surface area contributed by atoms with Crippen molar-refractivity contribution in [1.82, 2.24) is 10.3 Å². The first-order valence-corrected chi connectivity index (χ1v) is 10.1. The van der Waals surface area contributed by atoms with Crippen LogP contribution in [0.15, 0.2) is 53.1 Å². The number of halogens is 1. The summed E-state index contributed by atoms with van der Waals surface area (Å²) < 4.78 is 0.981. The van der Waals surface area contributed by atoms with Crippen LogP contribution >= 0.6 is 15.9 Å². The number of aromatic amines is 1. The third kappa shape index (κ3) is 4.62. The summed E-state index contributed by atoms with van der Waals surface area (Å²) in [6.07, 6.45) is 2.31. The molecule has 146 valence electrons. The van der Waals surface area contributed by atoms with E-state index in [9.17, 15) is 9.59 Å². The van der Waals surface area contributed by atoms with Crippen LogP contribution < -0.4 is 10.6 Å². The number of hydrogen-bond acceptors (Lipinski definition) is 2. The number of hydrogen-bond donors (Lipinski definition) is 3. The van der Waals surface area contributed by atoms with Gasteiger partial charge in [-0.3, -0.25) is 9.59 Å². The van der Waals surface area contributed by atoms with Gasteiger partial charge in [0.05, 0.1) is 0 Å². The summed E-state index contributed by atoms with van der Waals surface area (Å²) in [7, 11) is 0. The highest BCUT2D eigenvalue weighted by molar-refractivity contribution is 9.10. The number of anilines is 1. The summed E-state index contributed by atoms with van der Waals surface area (Å²) in [6.45, 7) is 5.59. The highest BCUT2D eigenvalue weighted by atomic mass is 79.9. The molecule has 0 bridgehead atoms. The van der Waals surface area contributed by atoms with Gasteiger partial charge in [0.15, 0.2) is 0 Å². The number of aryl methyl sites for hydroxylation is 1. The average molecular weight is 442 g/mol. The second-order valence-electron chi connectivity index (χ2n) is 7.23. The third-order valence-corrected chi connectivity index (χ3v) is 5.57. The van der Waals surface area contributed by atoms with E-state index in [1.54, 1.807) is 0 Å². The smallest absolute Gasteiger partial charge is 0.247 e. The summed E-state index contributed by atoms with van der Waals surface area (Å²) in [5.74, 6) is -0.582. The van der Waals surface area contributed by atoms with Gasteiger partial charge in [0.2, 0.25) is 11.8 Å². The van der Waals surface area contributed by atoms with Crippen LogP contribution in [0.4, 0.5) is 5.69 Å². The molecule has 0 aliphatic carbocycles. The van der Waals surface area contributed by atoms with Crippen molar-refractivity contribution in [1.29, 1.82) is 0 Å². The molecular formula is C22H24BrN3O2. The minimum absolute atomic E-state index is 0.146. The molecular weight excluding hydrogens is 418 g/mol. The predicted octanol–water partition coefficient (Wildman–Crippen LogP) is 4.56. The highest BCUT2D eigenvalue weighted by Gasteiger charge is 2.24. The zero-order valence-electron chi connectivity index (χ0n) is 16.2. The van der Waals surface area contributed by atoms with Crippen molar-refractivity contribution in [3.05, 3.63) is 64.3 Å². The Kier molecular flexibility index (Phi) is 6.19. The highest BCUT2D eigenvalue weighted by Crippen LogP contribution is 2.22. The van der Waals surface area contributed by atoms with Gasteiger partial charge < -0.3 is 15.6 Å². The summed E-state index contributed by atoms with van der Waals surface area (Å²) in [6, 6.07) is 12.9. The Bertz CT molecular complexity index is 1010. The van der Waals surface area contributed by atoms with Crippen LogP contribution in [0.25, 0.3) is 10.9 Å². The topological polar surface area (TPSA) is 74.0 Å². The fourth-order valence-corrected chi connectivity index (χ4v) is 3.27. The van der Waals surface area contributed by atoms with Crippen molar-refractivity contribution in [3.63, 3.8) is 0 Å². The number of carbonyl (C=O) groups excluding carboxylic acids is 2. The Labute approximate surface area is 173 Å². The molecule has 1 heterocycles. The summed E-state index contributed by atoms with van der Waals surface area (Å²) in [5, 5.41) is 6.88. The van der Waals surface area contributed by atoms with Gasteiger partial charge in [0.1, 0.15) is 6.04 Å². The van der Waals surface area contributed by atoms with Crippen LogP contribution in [0.2, 0.25) is 0 Å². The van der Waals surface area contributed by atoms with Crippen molar-refractivity contribution < 1.29 is 9.59 Å². The molecule has 1 atom stereocenters. The Hall–Kier alpha value is -2.60. The number of H-pyrrole nitrogens is 1. The molecule has 3 aromatic rings. The molecule has 0 saturated carbocycles. The molecule has 5 nitrogen and oxygen atoms in total. The van der Waals surface area contributed by atoms with E-state index in [0.717, 1.165) is 26.5 Å². The zero-order valence-corrected chi connectivity index (χ0v) is 17.8. The minimum atomic E-state index is -0.668. The van der Waals surface area contributed by atoms with Crippen LogP contribution in [0.1, 0.15) is 25.0 Å². The van der Waals surface area contributed by atoms with E-state index in [4.69, 9.17) is 0 Å². The van der Waals surface area contributed by atoms with E-state index >= 15 is 0 Å². The maximum atomic E-state index is 13.0. The zero-order chi connectivity index (χ0) is 20.3. The lowest BCUT2D eigenvalue weighted by molar-refractivity contribution is -0.128. The van der Waals surface area contributed by atoms with Crippen molar-refractivity contribution >= 4 is 44.3 Å². The normalized spacial score (nSPS) is 12.2. The summed E-state index contributed by atoms with van der Waals surface area (Å²) in [5.41, 5.74) is 3.73. The van der Waals surface area contributed by atoms with Gasteiger partial charge in [-0.15, -0.1) is 0 Å². The number of fused-ring (bicyclic) bond motifs is 1. The first-order valence-electron chi connectivity index (χ1n) is 9.27. The predicted molar refractivity (Wildman–Crippen MR) is 116 cm³/mol. The molecule has 0 saturated heterocycles. The third-order valence-electron chi connectivity index (χ3n) is 4.68. The number of aromatic nitrogens is 1. The maximum Gasteiger partial charge on any atom is 0.247 e. The second kappa shape index (κ2) is 8.61. The molecule has 0 aliphatic heterocycles. The molecule has 28 heavy (non-hydrogen) atoms. The Morgan fingerprint density at radius 3 is 2.57 bits per heavy atom. The monoisotopic (exact) mass is 441 g/mol. The van der Waals surface area contributed by atoms with E-state index in [1.165, 1.54) is 0 Å². The second-order valence-corrected chi connectivity index (χ2v) is 8.09. The number of rotatable bonds is 6. The fourth-order valence-electron chi connectivity index (χ4n) is 3.02. The van der Waals surface area contributed by atoms with Crippen molar-refractivity contribution in [2.75, 3.05) is 5.32 Å². The molecule has 2 amide bonds. The number of para-hydroxylation sites is 1. The molecule has 2 aromatic carbocycles. The Morgan fingerprint density at radius 1 is 1.11 bits per heavy atom. The molecule has 1 aromatic heterocycles.